The molecule has 0 unspecified atom stereocenters. The standard InChI is InChI=1S/C21H21N3O7S/c1-4-31-20(26)12-23-15-10-16(29-2)17(30-3)11-18(15)32-21(23)22-19(25)9-13-5-7-14(8-6-13)24(27)28/h5-8,10-11H,4,9,12H2,1-3H3. The van der Waals surface area contributed by atoms with Gasteiger partial charge in [-0.05, 0) is 12.5 Å². The van der Waals surface area contributed by atoms with Crippen LogP contribution >= 0.6 is 11.3 Å². The lowest BCUT2D eigenvalue weighted by atomic mass is 10.1. The number of nitro benzene ring substituents is 1. The second-order valence-electron chi connectivity index (χ2n) is 6.56. The highest BCUT2D eigenvalue weighted by Gasteiger charge is 2.16. The number of amides is 1. The Bertz CT molecular complexity index is 1230. The average Bonchev–Trinajstić information content (AvgIpc) is 3.08. The van der Waals surface area contributed by atoms with Crippen molar-refractivity contribution in [3.8, 4) is 11.5 Å². The molecule has 3 rings (SSSR count). The number of hydrogen-bond donors (Lipinski definition) is 0. The first-order chi connectivity index (χ1) is 15.4. The minimum Gasteiger partial charge on any atom is -0.493 e. The van der Waals surface area contributed by atoms with Crippen LogP contribution in [0.15, 0.2) is 41.4 Å². The molecular formula is C21H21N3O7S. The van der Waals surface area contributed by atoms with Crippen LogP contribution in [0.2, 0.25) is 0 Å². The van der Waals surface area contributed by atoms with Crippen molar-refractivity contribution in [1.29, 1.82) is 0 Å². The van der Waals surface area contributed by atoms with Crippen molar-refractivity contribution < 1.29 is 28.7 Å². The molecule has 0 saturated heterocycles. The lowest BCUT2D eigenvalue weighted by Crippen LogP contribution is -2.23. The van der Waals surface area contributed by atoms with Crippen molar-refractivity contribution in [1.82, 2.24) is 4.57 Å². The van der Waals surface area contributed by atoms with Gasteiger partial charge < -0.3 is 18.8 Å². The maximum Gasteiger partial charge on any atom is 0.326 e. The molecule has 0 saturated carbocycles. The van der Waals surface area contributed by atoms with Crippen molar-refractivity contribution >= 4 is 39.1 Å². The number of carbonyl (C=O) groups excluding carboxylic acids is 2. The van der Waals surface area contributed by atoms with Crippen molar-refractivity contribution in [3.05, 3.63) is 56.9 Å². The minimum atomic E-state index is -0.506. The molecule has 2 aromatic carbocycles. The Morgan fingerprint density at radius 3 is 2.38 bits per heavy atom. The fraction of sp³-hybridized carbons (Fsp3) is 0.286. The lowest BCUT2D eigenvalue weighted by Gasteiger charge is -2.09. The van der Waals surface area contributed by atoms with Crippen LogP contribution in [-0.2, 0) is 27.3 Å². The van der Waals surface area contributed by atoms with Gasteiger partial charge in [-0.2, -0.15) is 4.99 Å². The van der Waals surface area contributed by atoms with E-state index in [1.807, 2.05) is 0 Å². The molecule has 32 heavy (non-hydrogen) atoms. The lowest BCUT2D eigenvalue weighted by molar-refractivity contribution is -0.384. The molecule has 3 aromatic rings. The van der Waals surface area contributed by atoms with Gasteiger partial charge in [-0.15, -0.1) is 0 Å². The van der Waals surface area contributed by atoms with E-state index in [1.54, 1.807) is 23.6 Å². The fourth-order valence-corrected chi connectivity index (χ4v) is 4.08. The summed E-state index contributed by atoms with van der Waals surface area (Å²) in [7, 11) is 3.02. The molecule has 0 fully saturated rings. The Hall–Kier alpha value is -3.73. The SMILES string of the molecule is CCOC(=O)Cn1c(=NC(=O)Cc2ccc([N+](=O)[O-])cc2)sc2cc(OC)c(OC)cc21. The third-order valence-corrected chi connectivity index (χ3v) is 5.54. The predicted molar refractivity (Wildman–Crippen MR) is 117 cm³/mol. The van der Waals surface area contributed by atoms with Crippen LogP contribution in [0, 0.1) is 10.1 Å². The molecule has 0 N–H and O–H groups in total. The molecule has 1 heterocycles. The number of carbonyl (C=O) groups is 2. The Morgan fingerprint density at radius 1 is 1.12 bits per heavy atom. The van der Waals surface area contributed by atoms with Gasteiger partial charge in [0.25, 0.3) is 11.6 Å². The van der Waals surface area contributed by atoms with Crippen molar-refractivity contribution in [3.63, 3.8) is 0 Å². The van der Waals surface area contributed by atoms with Gasteiger partial charge in [-0.3, -0.25) is 19.7 Å². The van der Waals surface area contributed by atoms with Gasteiger partial charge in [-0.25, -0.2) is 0 Å². The summed E-state index contributed by atoms with van der Waals surface area (Å²) < 4.78 is 18.1. The molecule has 0 bridgehead atoms. The summed E-state index contributed by atoms with van der Waals surface area (Å²) in [5.74, 6) is 0.0562. The zero-order valence-electron chi connectivity index (χ0n) is 17.7. The molecule has 0 radical (unpaired) electrons. The second-order valence-corrected chi connectivity index (χ2v) is 7.57. The molecule has 0 atom stereocenters. The average molecular weight is 459 g/mol. The van der Waals surface area contributed by atoms with E-state index in [9.17, 15) is 19.7 Å². The Balaban J connectivity index is 2.02. The summed E-state index contributed by atoms with van der Waals surface area (Å²) >= 11 is 1.22. The Kier molecular flexibility index (Phi) is 7.21. The highest BCUT2D eigenvalue weighted by Crippen LogP contribution is 2.33. The van der Waals surface area contributed by atoms with E-state index < -0.39 is 16.8 Å². The highest BCUT2D eigenvalue weighted by atomic mass is 32.1. The normalized spacial score (nSPS) is 11.4. The van der Waals surface area contributed by atoms with Crippen molar-refractivity contribution in [2.75, 3.05) is 20.8 Å². The maximum atomic E-state index is 12.6. The van der Waals surface area contributed by atoms with Crippen LogP contribution < -0.4 is 14.3 Å². The third kappa shape index (κ3) is 5.11. The summed E-state index contributed by atoms with van der Waals surface area (Å²) in [6, 6.07) is 9.16. The molecule has 1 amide bonds. The molecule has 11 heteroatoms. The number of hydrogen-bond acceptors (Lipinski definition) is 8. The van der Waals surface area contributed by atoms with E-state index in [-0.39, 0.29) is 25.3 Å². The van der Waals surface area contributed by atoms with Gasteiger partial charge in [-0.1, -0.05) is 23.5 Å². The molecule has 0 aliphatic rings. The Labute approximate surface area is 186 Å². The van der Waals surface area contributed by atoms with Crippen LogP contribution in [0.3, 0.4) is 0 Å². The topological polar surface area (TPSA) is 122 Å². The van der Waals surface area contributed by atoms with E-state index in [2.05, 4.69) is 4.99 Å². The van der Waals surface area contributed by atoms with Gasteiger partial charge in [0.2, 0.25) is 0 Å². The molecule has 168 valence electrons. The first-order valence-corrected chi connectivity index (χ1v) is 10.4. The van der Waals surface area contributed by atoms with Crippen LogP contribution in [0.4, 0.5) is 5.69 Å². The van der Waals surface area contributed by atoms with Gasteiger partial charge in [0.15, 0.2) is 16.3 Å². The van der Waals surface area contributed by atoms with Crippen LogP contribution in [0.25, 0.3) is 10.2 Å². The van der Waals surface area contributed by atoms with Crippen LogP contribution in [0.1, 0.15) is 12.5 Å². The van der Waals surface area contributed by atoms with Gasteiger partial charge in [0.1, 0.15) is 6.54 Å². The second kappa shape index (κ2) is 10.1. The molecule has 1 aromatic heterocycles. The first kappa shape index (κ1) is 22.9. The number of nitrogens with zero attached hydrogens (tertiary/aromatic N) is 3. The number of nitro groups is 1. The summed E-state index contributed by atoms with van der Waals surface area (Å²) in [6.07, 6.45) is -0.0434. The number of ether oxygens (including phenoxy) is 3. The van der Waals surface area contributed by atoms with Crippen LogP contribution in [0.5, 0.6) is 11.5 Å². The molecule has 0 aliphatic carbocycles. The van der Waals surface area contributed by atoms with Crippen molar-refractivity contribution in [2.24, 2.45) is 4.99 Å². The summed E-state index contributed by atoms with van der Waals surface area (Å²) in [6.45, 7) is 1.80. The zero-order chi connectivity index (χ0) is 23.3. The number of aromatic nitrogens is 1. The highest BCUT2D eigenvalue weighted by molar-refractivity contribution is 7.16. The Morgan fingerprint density at radius 2 is 1.78 bits per heavy atom. The molecule has 10 nitrogen and oxygen atoms in total. The number of non-ortho nitro benzene ring substituents is 1. The van der Waals surface area contributed by atoms with Gasteiger partial charge in [0.05, 0.1) is 42.4 Å². The largest absolute Gasteiger partial charge is 0.493 e. The number of benzene rings is 2. The van der Waals surface area contributed by atoms with Gasteiger partial charge in [0, 0.05) is 24.3 Å². The number of thiazole rings is 1. The fourth-order valence-electron chi connectivity index (χ4n) is 3.03. The summed E-state index contributed by atoms with van der Waals surface area (Å²) in [5.41, 5.74) is 1.17. The van der Waals surface area contributed by atoms with E-state index in [0.29, 0.717) is 27.4 Å². The third-order valence-electron chi connectivity index (χ3n) is 4.50. The minimum absolute atomic E-state index is 0.0434. The van der Waals surface area contributed by atoms with Crippen molar-refractivity contribution in [2.45, 2.75) is 19.9 Å². The smallest absolute Gasteiger partial charge is 0.326 e. The predicted octanol–water partition coefficient (Wildman–Crippen LogP) is 2.86. The summed E-state index contributed by atoms with van der Waals surface area (Å²) in [5, 5.41) is 10.8. The monoisotopic (exact) mass is 459 g/mol. The number of methoxy groups -OCH3 is 2. The van der Waals surface area contributed by atoms with E-state index in [1.165, 1.54) is 49.8 Å². The first-order valence-electron chi connectivity index (χ1n) is 9.58. The zero-order valence-corrected chi connectivity index (χ0v) is 18.5. The van der Waals surface area contributed by atoms with Crippen LogP contribution in [-0.4, -0.2) is 42.2 Å². The van der Waals surface area contributed by atoms with E-state index >= 15 is 0 Å². The summed E-state index contributed by atoms with van der Waals surface area (Å²) in [4.78, 5) is 39.6. The quantitative estimate of drug-likeness (QED) is 0.288. The number of esters is 1. The maximum absolute atomic E-state index is 12.6. The van der Waals surface area contributed by atoms with E-state index in [4.69, 9.17) is 14.2 Å². The number of rotatable bonds is 8. The molecular weight excluding hydrogens is 438 g/mol. The van der Waals surface area contributed by atoms with Gasteiger partial charge >= 0.3 is 5.97 Å². The number of fused-ring (bicyclic) bond motifs is 1. The van der Waals surface area contributed by atoms with E-state index in [0.717, 1.165) is 4.70 Å². The molecule has 0 spiro atoms. The molecule has 0 aliphatic heterocycles.